The maximum atomic E-state index is 5.59. The van der Waals surface area contributed by atoms with Crippen molar-refractivity contribution >= 4 is 23.0 Å². The second kappa shape index (κ2) is 7.23. The molecule has 0 spiro atoms. The zero-order valence-corrected chi connectivity index (χ0v) is 14.5. The van der Waals surface area contributed by atoms with Crippen LogP contribution in [0.5, 0.6) is 5.75 Å². The molecule has 0 saturated carbocycles. The fraction of sp³-hybridized carbons (Fsp3) is 0.562. The summed E-state index contributed by atoms with van der Waals surface area (Å²) in [5, 5.41) is 5.17. The van der Waals surface area contributed by atoms with E-state index in [1.54, 1.807) is 6.20 Å². The average molecular weight is 333 g/mol. The molecule has 1 fully saturated rings. The molecule has 1 aromatic heterocycles. The Labute approximate surface area is 142 Å². The first kappa shape index (κ1) is 16.1. The van der Waals surface area contributed by atoms with E-state index in [1.807, 2.05) is 12.1 Å². The maximum absolute atomic E-state index is 5.59. The van der Waals surface area contributed by atoms with Crippen molar-refractivity contribution in [2.75, 3.05) is 32.8 Å². The highest BCUT2D eigenvalue weighted by Crippen LogP contribution is 2.21. The van der Waals surface area contributed by atoms with Gasteiger partial charge in [0.25, 0.3) is 0 Å². The number of fused-ring (bicyclic) bond motifs is 1. The van der Waals surface area contributed by atoms with Gasteiger partial charge in [-0.3, -0.25) is 15.3 Å². The fourth-order valence-corrected chi connectivity index (χ4v) is 3.06. The molecule has 0 radical (unpaired) electrons. The first-order valence-electron chi connectivity index (χ1n) is 8.09. The van der Waals surface area contributed by atoms with Crippen LogP contribution in [0.1, 0.15) is 26.0 Å². The number of nitrogens with zero attached hydrogens (tertiary/aromatic N) is 4. The van der Waals surface area contributed by atoms with Gasteiger partial charge in [0, 0.05) is 44.8 Å². The van der Waals surface area contributed by atoms with Crippen molar-refractivity contribution in [3.63, 3.8) is 0 Å². The minimum absolute atomic E-state index is 0.587. The van der Waals surface area contributed by atoms with Crippen LogP contribution in [0.4, 0.5) is 0 Å². The molecule has 7 heteroatoms. The number of nitrogens with one attached hydrogen (secondary N) is 1. The van der Waals surface area contributed by atoms with Crippen molar-refractivity contribution in [3.8, 4) is 5.75 Å². The largest absolute Gasteiger partial charge is 0.491 e. The van der Waals surface area contributed by atoms with Crippen LogP contribution in [0.25, 0.3) is 0 Å². The molecular formula is C16H23N5OS. The summed E-state index contributed by atoms with van der Waals surface area (Å²) in [5.74, 6) is 0.788. The van der Waals surface area contributed by atoms with Crippen LogP contribution in [-0.2, 0) is 0 Å². The van der Waals surface area contributed by atoms with Gasteiger partial charge in [0.15, 0.2) is 5.11 Å². The normalized spacial score (nSPS) is 20.3. The smallest absolute Gasteiger partial charge is 0.189 e. The highest BCUT2D eigenvalue weighted by molar-refractivity contribution is 7.80. The summed E-state index contributed by atoms with van der Waals surface area (Å²) in [6.45, 7) is 9.03. The summed E-state index contributed by atoms with van der Waals surface area (Å²) in [6, 6.07) is 4.37. The van der Waals surface area contributed by atoms with Crippen molar-refractivity contribution in [2.24, 2.45) is 5.10 Å². The molecule has 6 nitrogen and oxygen atoms in total. The van der Waals surface area contributed by atoms with E-state index in [1.165, 1.54) is 0 Å². The summed E-state index contributed by atoms with van der Waals surface area (Å²) in [7, 11) is 0. The summed E-state index contributed by atoms with van der Waals surface area (Å²) in [5.41, 5.74) is 4.74. The molecular weight excluding hydrogens is 310 g/mol. The van der Waals surface area contributed by atoms with Gasteiger partial charge in [-0.05, 0) is 38.2 Å². The molecule has 124 valence electrons. The quantitative estimate of drug-likeness (QED) is 0.653. The molecule has 0 atom stereocenters. The number of pyridine rings is 1. The van der Waals surface area contributed by atoms with Gasteiger partial charge in [-0.1, -0.05) is 0 Å². The Hall–Kier alpha value is -1.73. The molecule has 23 heavy (non-hydrogen) atoms. The monoisotopic (exact) mass is 333 g/mol. The number of piperazine rings is 1. The van der Waals surface area contributed by atoms with Crippen LogP contribution in [0, 0.1) is 0 Å². The number of ether oxygens (including phenoxy) is 1. The van der Waals surface area contributed by atoms with E-state index in [-0.39, 0.29) is 0 Å². The molecule has 0 amide bonds. The van der Waals surface area contributed by atoms with Crippen molar-refractivity contribution in [1.82, 2.24) is 20.2 Å². The molecule has 3 heterocycles. The van der Waals surface area contributed by atoms with Crippen LogP contribution in [0.15, 0.2) is 23.4 Å². The lowest BCUT2D eigenvalue weighted by Crippen LogP contribution is -2.52. The van der Waals surface area contributed by atoms with Gasteiger partial charge in [-0.25, -0.2) is 0 Å². The predicted molar refractivity (Wildman–Crippen MR) is 94.9 cm³/mol. The first-order valence-corrected chi connectivity index (χ1v) is 8.49. The van der Waals surface area contributed by atoms with Gasteiger partial charge >= 0.3 is 0 Å². The van der Waals surface area contributed by atoms with Crippen molar-refractivity contribution in [3.05, 3.63) is 24.0 Å². The first-order chi connectivity index (χ1) is 11.1. The lowest BCUT2D eigenvalue weighted by Gasteiger charge is -2.37. The minimum Gasteiger partial charge on any atom is -0.491 e. The van der Waals surface area contributed by atoms with Gasteiger partial charge < -0.3 is 9.64 Å². The Morgan fingerprint density at radius 1 is 1.35 bits per heavy atom. The van der Waals surface area contributed by atoms with Gasteiger partial charge in [-0.2, -0.15) is 5.10 Å². The zero-order valence-electron chi connectivity index (χ0n) is 13.7. The van der Waals surface area contributed by atoms with Crippen LogP contribution >= 0.6 is 12.2 Å². The third kappa shape index (κ3) is 3.79. The number of aromatic nitrogens is 1. The van der Waals surface area contributed by atoms with E-state index in [4.69, 9.17) is 17.0 Å². The number of hydrazone groups is 1. The van der Waals surface area contributed by atoms with Gasteiger partial charge in [-0.15, -0.1) is 0 Å². The highest BCUT2D eigenvalue weighted by atomic mass is 32.1. The number of hydrogen-bond acceptors (Lipinski definition) is 5. The van der Waals surface area contributed by atoms with Crippen molar-refractivity contribution in [1.29, 1.82) is 0 Å². The standard InChI is InChI=1S/C16H23N5OS/c1-12(2)20-7-9-21(10-8-20)16(23)19-18-13-5-11-22-14-4-3-6-17-15(13)14/h3-4,6,12H,5,7-11H2,1-2H3,(H,19,23)/b18-13-. The Morgan fingerprint density at radius 2 is 2.13 bits per heavy atom. The van der Waals surface area contributed by atoms with Crippen molar-refractivity contribution < 1.29 is 4.74 Å². The van der Waals surface area contributed by atoms with Crippen LogP contribution in [0.2, 0.25) is 0 Å². The Bertz CT molecular complexity index is 596. The van der Waals surface area contributed by atoms with E-state index in [0.717, 1.165) is 49.8 Å². The zero-order chi connectivity index (χ0) is 16.2. The molecule has 1 saturated heterocycles. The molecule has 1 N–H and O–H groups in total. The van der Waals surface area contributed by atoms with Crippen LogP contribution in [-0.4, -0.2) is 64.4 Å². The highest BCUT2D eigenvalue weighted by Gasteiger charge is 2.21. The van der Waals surface area contributed by atoms with Gasteiger partial charge in [0.2, 0.25) is 0 Å². The summed E-state index contributed by atoms with van der Waals surface area (Å²) >= 11 is 5.48. The fourth-order valence-electron chi connectivity index (χ4n) is 2.84. The predicted octanol–water partition coefficient (Wildman–Crippen LogP) is 1.47. The number of rotatable bonds is 2. The molecule has 3 rings (SSSR count). The number of thiocarbonyl (C=S) groups is 1. The third-order valence-electron chi connectivity index (χ3n) is 4.26. The topological polar surface area (TPSA) is 53.0 Å². The SMILES string of the molecule is CC(C)N1CCN(C(=S)N/N=C2/CCOc3cccnc32)CC1. The molecule has 0 unspecified atom stereocenters. The molecule has 1 aromatic rings. The van der Waals surface area contributed by atoms with Crippen LogP contribution in [0.3, 0.4) is 0 Å². The van der Waals surface area contributed by atoms with Crippen LogP contribution < -0.4 is 10.2 Å². The van der Waals surface area contributed by atoms with E-state index in [0.29, 0.717) is 17.8 Å². The number of hydrogen-bond donors (Lipinski definition) is 1. The summed E-state index contributed by atoms with van der Waals surface area (Å²) in [6.07, 6.45) is 2.49. The minimum atomic E-state index is 0.587. The van der Waals surface area contributed by atoms with Crippen molar-refractivity contribution in [2.45, 2.75) is 26.3 Å². The second-order valence-electron chi connectivity index (χ2n) is 6.04. The van der Waals surface area contributed by atoms with E-state index in [2.05, 4.69) is 39.2 Å². The van der Waals surface area contributed by atoms with Gasteiger partial charge in [0.1, 0.15) is 11.4 Å². The van der Waals surface area contributed by atoms with E-state index in [9.17, 15) is 0 Å². The van der Waals surface area contributed by atoms with E-state index >= 15 is 0 Å². The Kier molecular flexibility index (Phi) is 5.07. The lowest BCUT2D eigenvalue weighted by molar-refractivity contribution is 0.148. The molecule has 2 aliphatic rings. The molecule has 0 bridgehead atoms. The van der Waals surface area contributed by atoms with E-state index < -0.39 is 0 Å². The molecule has 0 aliphatic carbocycles. The Morgan fingerprint density at radius 3 is 2.87 bits per heavy atom. The van der Waals surface area contributed by atoms with Gasteiger partial charge in [0.05, 0.1) is 12.3 Å². The maximum Gasteiger partial charge on any atom is 0.189 e. The summed E-state index contributed by atoms with van der Waals surface area (Å²) in [4.78, 5) is 9.00. The molecule has 2 aliphatic heterocycles. The second-order valence-corrected chi connectivity index (χ2v) is 6.43. The Balaban J connectivity index is 1.60. The summed E-state index contributed by atoms with van der Waals surface area (Å²) < 4.78 is 5.59. The third-order valence-corrected chi connectivity index (χ3v) is 4.61. The molecule has 0 aromatic carbocycles. The average Bonchev–Trinajstić information content (AvgIpc) is 2.59. The lowest BCUT2D eigenvalue weighted by atomic mass is 10.1.